The third-order valence-corrected chi connectivity index (χ3v) is 3.14. The van der Waals surface area contributed by atoms with Gasteiger partial charge in [0.15, 0.2) is 0 Å². The van der Waals surface area contributed by atoms with Gasteiger partial charge in [-0.15, -0.1) is 0 Å². The van der Waals surface area contributed by atoms with Gasteiger partial charge in [0.05, 0.1) is 11.9 Å². The van der Waals surface area contributed by atoms with Crippen LogP contribution in [0.2, 0.25) is 0 Å². The van der Waals surface area contributed by atoms with Crippen LogP contribution >= 0.6 is 0 Å². The van der Waals surface area contributed by atoms with Crippen molar-refractivity contribution in [2.45, 2.75) is 26.7 Å². The minimum absolute atomic E-state index is 0.118. The fourth-order valence-electron chi connectivity index (χ4n) is 1.96. The van der Waals surface area contributed by atoms with E-state index in [1.165, 1.54) is 0 Å². The Bertz CT molecular complexity index is 593. The molecule has 0 atom stereocenters. The average Bonchev–Trinajstić information content (AvgIpc) is 2.49. The lowest BCUT2D eigenvalue weighted by Gasteiger charge is -2.08. The van der Waals surface area contributed by atoms with E-state index in [2.05, 4.69) is 22.5 Å². The van der Waals surface area contributed by atoms with Gasteiger partial charge >= 0.3 is 0 Å². The summed E-state index contributed by atoms with van der Waals surface area (Å²) < 4.78 is 0. The van der Waals surface area contributed by atoms with Crippen LogP contribution < -0.4 is 10.6 Å². The van der Waals surface area contributed by atoms with E-state index >= 15 is 0 Å². The maximum Gasteiger partial charge on any atom is 0.255 e. The second-order valence-corrected chi connectivity index (χ2v) is 5.04. The highest BCUT2D eigenvalue weighted by Gasteiger charge is 2.06. The number of pyridine rings is 1. The van der Waals surface area contributed by atoms with E-state index in [0.29, 0.717) is 11.3 Å². The zero-order valence-corrected chi connectivity index (χ0v) is 12.5. The number of aromatic nitrogens is 1. The summed E-state index contributed by atoms with van der Waals surface area (Å²) >= 11 is 0. The second-order valence-electron chi connectivity index (χ2n) is 5.04. The largest absolute Gasteiger partial charge is 0.370 e. The fourth-order valence-corrected chi connectivity index (χ4v) is 1.96. The molecular formula is C17H21N3O. The van der Waals surface area contributed by atoms with Gasteiger partial charge in [-0.25, -0.2) is 4.98 Å². The highest BCUT2D eigenvalue weighted by atomic mass is 16.1. The number of rotatable bonds is 6. The lowest BCUT2D eigenvalue weighted by atomic mass is 10.1. The molecule has 1 aromatic carbocycles. The zero-order chi connectivity index (χ0) is 15.1. The quantitative estimate of drug-likeness (QED) is 0.792. The van der Waals surface area contributed by atoms with Crippen LogP contribution in [-0.4, -0.2) is 17.4 Å². The summed E-state index contributed by atoms with van der Waals surface area (Å²) in [6.45, 7) is 5.03. The molecule has 1 amide bonds. The second kappa shape index (κ2) is 7.43. The Morgan fingerprint density at radius 1 is 1.24 bits per heavy atom. The SMILES string of the molecule is CCCCNc1ccc(NC(=O)c2cccc(C)c2)cn1. The molecule has 1 heterocycles. The zero-order valence-electron chi connectivity index (χ0n) is 12.5. The number of hydrogen-bond donors (Lipinski definition) is 2. The van der Waals surface area contributed by atoms with Crippen molar-refractivity contribution in [2.75, 3.05) is 17.2 Å². The van der Waals surface area contributed by atoms with Crippen molar-refractivity contribution >= 4 is 17.4 Å². The molecule has 2 N–H and O–H groups in total. The van der Waals surface area contributed by atoms with E-state index in [9.17, 15) is 4.79 Å². The number of carbonyl (C=O) groups is 1. The van der Waals surface area contributed by atoms with E-state index < -0.39 is 0 Å². The molecule has 0 spiro atoms. The molecule has 0 radical (unpaired) electrons. The third-order valence-electron chi connectivity index (χ3n) is 3.14. The smallest absolute Gasteiger partial charge is 0.255 e. The van der Waals surface area contributed by atoms with Crippen molar-refractivity contribution in [3.8, 4) is 0 Å². The van der Waals surface area contributed by atoms with Crippen LogP contribution in [0.4, 0.5) is 11.5 Å². The summed E-state index contributed by atoms with van der Waals surface area (Å²) in [6, 6.07) is 11.2. The Hall–Kier alpha value is -2.36. The minimum atomic E-state index is -0.118. The molecule has 0 saturated carbocycles. The van der Waals surface area contributed by atoms with Gasteiger partial charge in [0, 0.05) is 12.1 Å². The summed E-state index contributed by atoms with van der Waals surface area (Å²) in [4.78, 5) is 16.4. The highest BCUT2D eigenvalue weighted by Crippen LogP contribution is 2.12. The molecule has 0 aliphatic carbocycles. The van der Waals surface area contributed by atoms with Crippen LogP contribution in [0.1, 0.15) is 35.7 Å². The first-order chi connectivity index (χ1) is 10.2. The molecule has 110 valence electrons. The Morgan fingerprint density at radius 2 is 2.10 bits per heavy atom. The van der Waals surface area contributed by atoms with Gasteiger partial charge in [-0.1, -0.05) is 31.0 Å². The van der Waals surface area contributed by atoms with Crippen molar-refractivity contribution < 1.29 is 4.79 Å². The average molecular weight is 283 g/mol. The maximum absolute atomic E-state index is 12.1. The van der Waals surface area contributed by atoms with E-state index in [0.717, 1.165) is 30.8 Å². The Morgan fingerprint density at radius 3 is 2.76 bits per heavy atom. The predicted octanol–water partition coefficient (Wildman–Crippen LogP) is 3.85. The van der Waals surface area contributed by atoms with Gasteiger partial charge in [-0.2, -0.15) is 0 Å². The molecule has 0 aliphatic rings. The summed E-state index contributed by atoms with van der Waals surface area (Å²) in [5.41, 5.74) is 2.42. The Balaban J connectivity index is 1.95. The van der Waals surface area contributed by atoms with E-state index in [4.69, 9.17) is 0 Å². The summed E-state index contributed by atoms with van der Waals surface area (Å²) in [5, 5.41) is 6.09. The van der Waals surface area contributed by atoms with E-state index in [1.54, 1.807) is 12.3 Å². The van der Waals surface area contributed by atoms with Gasteiger partial charge in [0.1, 0.15) is 5.82 Å². The molecular weight excluding hydrogens is 262 g/mol. The summed E-state index contributed by atoms with van der Waals surface area (Å²) in [6.07, 6.45) is 3.94. The molecule has 0 unspecified atom stereocenters. The van der Waals surface area contributed by atoms with Crippen molar-refractivity contribution in [1.82, 2.24) is 4.98 Å². The molecule has 0 aliphatic heterocycles. The van der Waals surface area contributed by atoms with Crippen LogP contribution in [0, 0.1) is 6.92 Å². The lowest BCUT2D eigenvalue weighted by Crippen LogP contribution is -2.12. The number of hydrogen-bond acceptors (Lipinski definition) is 3. The Kier molecular flexibility index (Phi) is 5.32. The molecule has 4 heteroatoms. The number of aryl methyl sites for hydroxylation is 1. The van der Waals surface area contributed by atoms with Crippen LogP contribution in [0.3, 0.4) is 0 Å². The number of anilines is 2. The van der Waals surface area contributed by atoms with Crippen molar-refractivity contribution in [3.05, 3.63) is 53.7 Å². The van der Waals surface area contributed by atoms with Gasteiger partial charge in [0.2, 0.25) is 0 Å². The van der Waals surface area contributed by atoms with Crippen molar-refractivity contribution in [3.63, 3.8) is 0 Å². The first-order valence-corrected chi connectivity index (χ1v) is 7.27. The number of nitrogens with zero attached hydrogens (tertiary/aromatic N) is 1. The lowest BCUT2D eigenvalue weighted by molar-refractivity contribution is 0.102. The number of benzene rings is 1. The topological polar surface area (TPSA) is 54.0 Å². The normalized spacial score (nSPS) is 10.2. The number of carbonyl (C=O) groups excluding carboxylic acids is 1. The molecule has 2 aromatic rings. The van der Waals surface area contributed by atoms with E-state index in [-0.39, 0.29) is 5.91 Å². The van der Waals surface area contributed by atoms with Crippen LogP contribution in [0.25, 0.3) is 0 Å². The molecule has 4 nitrogen and oxygen atoms in total. The third kappa shape index (κ3) is 4.60. The van der Waals surface area contributed by atoms with Crippen LogP contribution in [0.15, 0.2) is 42.6 Å². The first-order valence-electron chi connectivity index (χ1n) is 7.27. The summed E-state index contributed by atoms with van der Waals surface area (Å²) in [5.74, 6) is 0.712. The Labute approximate surface area is 125 Å². The summed E-state index contributed by atoms with van der Waals surface area (Å²) in [7, 11) is 0. The van der Waals surface area contributed by atoms with Gasteiger partial charge in [-0.05, 0) is 37.6 Å². The fraction of sp³-hybridized carbons (Fsp3) is 0.294. The number of amides is 1. The molecule has 0 fully saturated rings. The first kappa shape index (κ1) is 15.0. The maximum atomic E-state index is 12.1. The number of unbranched alkanes of at least 4 members (excludes halogenated alkanes) is 1. The molecule has 1 aromatic heterocycles. The van der Waals surface area contributed by atoms with Gasteiger partial charge in [0.25, 0.3) is 5.91 Å². The molecule has 21 heavy (non-hydrogen) atoms. The standard InChI is InChI=1S/C17H21N3O/c1-3-4-10-18-16-9-8-15(12-19-16)20-17(21)14-7-5-6-13(2)11-14/h5-9,11-12H,3-4,10H2,1-2H3,(H,18,19)(H,20,21). The van der Waals surface area contributed by atoms with Crippen LogP contribution in [-0.2, 0) is 0 Å². The molecule has 0 bridgehead atoms. The van der Waals surface area contributed by atoms with E-state index in [1.807, 2.05) is 37.3 Å². The van der Waals surface area contributed by atoms with Crippen molar-refractivity contribution in [2.24, 2.45) is 0 Å². The minimum Gasteiger partial charge on any atom is -0.370 e. The molecule has 0 saturated heterocycles. The number of nitrogens with one attached hydrogen (secondary N) is 2. The van der Waals surface area contributed by atoms with Crippen LogP contribution in [0.5, 0.6) is 0 Å². The van der Waals surface area contributed by atoms with Crippen molar-refractivity contribution in [1.29, 1.82) is 0 Å². The van der Waals surface area contributed by atoms with Gasteiger partial charge in [-0.3, -0.25) is 4.79 Å². The van der Waals surface area contributed by atoms with Gasteiger partial charge < -0.3 is 10.6 Å². The molecule has 2 rings (SSSR count). The predicted molar refractivity (Wildman–Crippen MR) is 86.8 cm³/mol. The monoisotopic (exact) mass is 283 g/mol. The highest BCUT2D eigenvalue weighted by molar-refractivity contribution is 6.04.